The predicted octanol–water partition coefficient (Wildman–Crippen LogP) is 2.23. The van der Waals surface area contributed by atoms with Crippen LogP contribution in [0, 0.1) is 5.82 Å². The van der Waals surface area contributed by atoms with Crippen LogP contribution >= 0.6 is 27.5 Å². The van der Waals surface area contributed by atoms with Crippen molar-refractivity contribution < 1.29 is 19.4 Å². The van der Waals surface area contributed by atoms with Gasteiger partial charge < -0.3 is 10.2 Å². The van der Waals surface area contributed by atoms with Gasteiger partial charge in [-0.15, -0.1) is 0 Å². The van der Waals surface area contributed by atoms with E-state index in [2.05, 4.69) is 15.9 Å². The number of rotatable bonds is 3. The van der Waals surface area contributed by atoms with E-state index in [1.54, 1.807) is 0 Å². The maximum absolute atomic E-state index is 13.3. The minimum atomic E-state index is -1.64. The summed E-state index contributed by atoms with van der Waals surface area (Å²) in [5.41, 5.74) is 0.0531. The second kappa shape index (κ2) is 4.92. The SMILES string of the molecule is O=C(O)C(O)Cc1c(F)ccc(Cl)c1Br. The molecule has 3 nitrogen and oxygen atoms in total. The molecule has 0 heterocycles. The van der Waals surface area contributed by atoms with Gasteiger partial charge in [0.25, 0.3) is 0 Å². The standard InChI is InChI=1S/C9H7BrClFO3/c10-8-4(3-7(13)9(14)15)6(12)2-1-5(8)11/h1-2,7,13H,3H2,(H,14,15). The lowest BCUT2D eigenvalue weighted by Crippen LogP contribution is -2.22. The highest BCUT2D eigenvalue weighted by molar-refractivity contribution is 9.10. The Morgan fingerprint density at radius 3 is 2.73 bits per heavy atom. The van der Waals surface area contributed by atoms with Gasteiger partial charge in [0.15, 0.2) is 6.10 Å². The molecule has 0 aromatic heterocycles. The Labute approximate surface area is 98.6 Å². The Morgan fingerprint density at radius 2 is 2.20 bits per heavy atom. The van der Waals surface area contributed by atoms with Crippen LogP contribution in [0.3, 0.4) is 0 Å². The molecule has 6 heteroatoms. The van der Waals surface area contributed by atoms with Crippen molar-refractivity contribution >= 4 is 33.5 Å². The molecule has 1 aromatic rings. The van der Waals surface area contributed by atoms with Gasteiger partial charge in [-0.05, 0) is 28.1 Å². The fourth-order valence-electron chi connectivity index (χ4n) is 1.04. The second-order valence-electron chi connectivity index (χ2n) is 2.88. The molecule has 0 saturated carbocycles. The lowest BCUT2D eigenvalue weighted by atomic mass is 10.1. The van der Waals surface area contributed by atoms with Gasteiger partial charge >= 0.3 is 5.97 Å². The van der Waals surface area contributed by atoms with Gasteiger partial charge in [0, 0.05) is 16.5 Å². The minimum absolute atomic E-state index is 0.0531. The zero-order chi connectivity index (χ0) is 11.6. The van der Waals surface area contributed by atoms with E-state index < -0.39 is 17.9 Å². The normalized spacial score (nSPS) is 12.5. The molecule has 0 aliphatic heterocycles. The lowest BCUT2D eigenvalue weighted by Gasteiger charge is -2.09. The summed E-state index contributed by atoms with van der Waals surface area (Å²) in [6, 6.07) is 2.47. The molecule has 0 aliphatic rings. The maximum Gasteiger partial charge on any atom is 0.332 e. The fourth-order valence-corrected chi connectivity index (χ4v) is 1.70. The van der Waals surface area contributed by atoms with Crippen LogP contribution < -0.4 is 0 Å². The summed E-state index contributed by atoms with van der Waals surface area (Å²) in [6.07, 6.45) is -1.98. The average molecular weight is 298 g/mol. The van der Waals surface area contributed by atoms with Crippen molar-refractivity contribution in [3.63, 3.8) is 0 Å². The van der Waals surface area contributed by atoms with Gasteiger partial charge in [-0.1, -0.05) is 11.6 Å². The highest BCUT2D eigenvalue weighted by atomic mass is 79.9. The largest absolute Gasteiger partial charge is 0.479 e. The van der Waals surface area contributed by atoms with Crippen LogP contribution in [0.15, 0.2) is 16.6 Å². The van der Waals surface area contributed by atoms with Crippen molar-refractivity contribution in [2.24, 2.45) is 0 Å². The molecule has 1 rings (SSSR count). The van der Waals surface area contributed by atoms with Crippen molar-refractivity contribution in [1.82, 2.24) is 0 Å². The first-order valence-electron chi connectivity index (χ1n) is 3.96. The Bertz CT molecular complexity index is 397. The van der Waals surface area contributed by atoms with Crippen molar-refractivity contribution in [1.29, 1.82) is 0 Å². The summed E-state index contributed by atoms with van der Waals surface area (Å²) >= 11 is 8.74. The number of benzene rings is 1. The van der Waals surface area contributed by atoms with Gasteiger partial charge in [0.2, 0.25) is 0 Å². The van der Waals surface area contributed by atoms with E-state index in [0.29, 0.717) is 0 Å². The molecule has 0 spiro atoms. The van der Waals surface area contributed by atoms with E-state index in [4.69, 9.17) is 21.8 Å². The number of carboxylic acids is 1. The number of aliphatic hydroxyl groups is 1. The third kappa shape index (κ3) is 2.90. The smallest absolute Gasteiger partial charge is 0.332 e. The molecule has 1 atom stereocenters. The van der Waals surface area contributed by atoms with Gasteiger partial charge in [0.05, 0.1) is 5.02 Å². The van der Waals surface area contributed by atoms with Gasteiger partial charge in [-0.3, -0.25) is 0 Å². The third-order valence-corrected chi connectivity index (χ3v) is 3.27. The highest BCUT2D eigenvalue weighted by Crippen LogP contribution is 2.29. The predicted molar refractivity (Wildman–Crippen MR) is 56.5 cm³/mol. The number of carbonyl (C=O) groups is 1. The first kappa shape index (κ1) is 12.4. The van der Waals surface area contributed by atoms with E-state index >= 15 is 0 Å². The zero-order valence-corrected chi connectivity index (χ0v) is 9.72. The van der Waals surface area contributed by atoms with Crippen LogP contribution in [0.4, 0.5) is 4.39 Å². The number of carboxylic acid groups (broad SMARTS) is 1. The first-order chi connectivity index (χ1) is 6.93. The van der Waals surface area contributed by atoms with E-state index in [0.717, 1.165) is 6.07 Å². The highest BCUT2D eigenvalue weighted by Gasteiger charge is 2.19. The van der Waals surface area contributed by atoms with Crippen LogP contribution in [0.25, 0.3) is 0 Å². The first-order valence-corrected chi connectivity index (χ1v) is 5.13. The molecule has 0 aliphatic carbocycles. The number of hydrogen-bond acceptors (Lipinski definition) is 2. The number of aliphatic carboxylic acids is 1. The van der Waals surface area contributed by atoms with Gasteiger partial charge in [-0.25, -0.2) is 9.18 Å². The quantitative estimate of drug-likeness (QED) is 0.841. The van der Waals surface area contributed by atoms with Gasteiger partial charge in [0.1, 0.15) is 5.82 Å². The molecule has 0 fully saturated rings. The van der Waals surface area contributed by atoms with Crippen molar-refractivity contribution in [2.75, 3.05) is 0 Å². The lowest BCUT2D eigenvalue weighted by molar-refractivity contribution is -0.146. The summed E-state index contributed by atoms with van der Waals surface area (Å²) in [4.78, 5) is 10.4. The molecule has 0 saturated heterocycles. The number of halogens is 3. The zero-order valence-electron chi connectivity index (χ0n) is 7.38. The third-order valence-electron chi connectivity index (χ3n) is 1.82. The molecular formula is C9H7BrClFO3. The van der Waals surface area contributed by atoms with Crippen molar-refractivity contribution in [3.8, 4) is 0 Å². The van der Waals surface area contributed by atoms with Crippen LogP contribution in [-0.2, 0) is 11.2 Å². The van der Waals surface area contributed by atoms with E-state index in [-0.39, 0.29) is 21.5 Å². The Kier molecular flexibility index (Phi) is 4.07. The van der Waals surface area contributed by atoms with Gasteiger partial charge in [-0.2, -0.15) is 0 Å². The molecule has 0 bridgehead atoms. The Hall–Kier alpha value is -0.650. The molecular weight excluding hydrogens is 290 g/mol. The van der Waals surface area contributed by atoms with Crippen LogP contribution in [0.1, 0.15) is 5.56 Å². The topological polar surface area (TPSA) is 57.5 Å². The molecule has 15 heavy (non-hydrogen) atoms. The summed E-state index contributed by atoms with van der Waals surface area (Å²) in [5, 5.41) is 17.8. The van der Waals surface area contributed by atoms with E-state index in [1.807, 2.05) is 0 Å². The molecule has 1 aromatic carbocycles. The van der Waals surface area contributed by atoms with Crippen molar-refractivity contribution in [3.05, 3.63) is 33.0 Å². The van der Waals surface area contributed by atoms with E-state index in [1.165, 1.54) is 6.07 Å². The van der Waals surface area contributed by atoms with E-state index in [9.17, 15) is 9.18 Å². The molecule has 0 radical (unpaired) electrons. The van der Waals surface area contributed by atoms with Crippen LogP contribution in [0.5, 0.6) is 0 Å². The monoisotopic (exact) mass is 296 g/mol. The number of hydrogen-bond donors (Lipinski definition) is 2. The molecule has 82 valence electrons. The Morgan fingerprint density at radius 1 is 1.60 bits per heavy atom. The second-order valence-corrected chi connectivity index (χ2v) is 4.08. The summed E-state index contributed by atoms with van der Waals surface area (Å²) in [5.74, 6) is -2.01. The van der Waals surface area contributed by atoms with Crippen molar-refractivity contribution in [2.45, 2.75) is 12.5 Å². The maximum atomic E-state index is 13.3. The molecule has 0 amide bonds. The minimum Gasteiger partial charge on any atom is -0.479 e. The summed E-state index contributed by atoms with van der Waals surface area (Å²) < 4.78 is 13.5. The fraction of sp³-hybridized carbons (Fsp3) is 0.222. The Balaban J connectivity index is 3.03. The average Bonchev–Trinajstić information content (AvgIpc) is 2.18. The van der Waals surface area contributed by atoms with Crippen LogP contribution in [0.2, 0.25) is 5.02 Å². The van der Waals surface area contributed by atoms with Crippen LogP contribution in [-0.4, -0.2) is 22.3 Å². The number of aliphatic hydroxyl groups excluding tert-OH is 1. The molecule has 2 N–H and O–H groups in total. The molecule has 1 unspecified atom stereocenters. The summed E-state index contributed by atoms with van der Waals surface area (Å²) in [7, 11) is 0. The summed E-state index contributed by atoms with van der Waals surface area (Å²) in [6.45, 7) is 0.